The normalized spacial score (nSPS) is 26.9. The molecule has 22 heavy (non-hydrogen) atoms. The fourth-order valence-corrected chi connectivity index (χ4v) is 3.27. The van der Waals surface area contributed by atoms with E-state index in [4.69, 9.17) is 0 Å². The first kappa shape index (κ1) is 13.4. The Balaban J connectivity index is 1.79. The van der Waals surface area contributed by atoms with Gasteiger partial charge in [-0.2, -0.15) is 0 Å². The molecule has 1 aliphatic carbocycles. The van der Waals surface area contributed by atoms with Gasteiger partial charge in [-0.1, -0.05) is 18.2 Å². The Morgan fingerprint density at radius 2 is 1.82 bits per heavy atom. The van der Waals surface area contributed by atoms with Crippen LogP contribution in [0.2, 0.25) is 0 Å². The van der Waals surface area contributed by atoms with Gasteiger partial charge in [-0.15, -0.1) is 0 Å². The van der Waals surface area contributed by atoms with Crippen molar-refractivity contribution < 1.29 is 4.39 Å². The van der Waals surface area contributed by atoms with E-state index in [9.17, 15) is 4.39 Å². The van der Waals surface area contributed by atoms with Gasteiger partial charge in [0.25, 0.3) is 0 Å². The van der Waals surface area contributed by atoms with Crippen molar-refractivity contribution in [1.29, 1.82) is 0 Å². The third kappa shape index (κ3) is 2.02. The number of hydrogen-bond donors (Lipinski definition) is 1. The molecule has 0 amide bonds. The van der Waals surface area contributed by atoms with Crippen LogP contribution in [0.5, 0.6) is 0 Å². The lowest BCUT2D eigenvalue weighted by Gasteiger charge is -2.34. The first-order valence-corrected chi connectivity index (χ1v) is 7.72. The summed E-state index contributed by atoms with van der Waals surface area (Å²) in [6.07, 6.45) is 6.17. The van der Waals surface area contributed by atoms with Crippen molar-refractivity contribution in [2.45, 2.75) is 37.3 Å². The zero-order valence-corrected chi connectivity index (χ0v) is 12.5. The number of nitrogens with one attached hydrogen (secondary N) is 1. The van der Waals surface area contributed by atoms with Gasteiger partial charge in [0, 0.05) is 23.4 Å². The molecule has 0 saturated heterocycles. The van der Waals surface area contributed by atoms with Crippen molar-refractivity contribution in [3.8, 4) is 0 Å². The predicted molar refractivity (Wildman–Crippen MR) is 84.5 cm³/mol. The van der Waals surface area contributed by atoms with Crippen LogP contribution in [-0.2, 0) is 5.54 Å². The standard InChI is InChI=1S/C18H18FN3/c1-12-18(22-11-21-12,14-4-7-16(19)8-5-14)15-6-9-17(20-10-15)13-2-3-13/h4-13H,2-3H2,1H3,(H,21,22)/t12-,18-/m0/s1. The molecule has 2 aliphatic rings. The quantitative estimate of drug-likeness (QED) is 0.942. The first-order chi connectivity index (χ1) is 10.7. The van der Waals surface area contributed by atoms with Crippen LogP contribution in [0.15, 0.2) is 47.6 Å². The van der Waals surface area contributed by atoms with Crippen molar-refractivity contribution in [3.63, 3.8) is 0 Å². The second-order valence-electron chi connectivity index (χ2n) is 6.16. The highest BCUT2D eigenvalue weighted by Gasteiger charge is 2.42. The molecule has 2 heterocycles. The van der Waals surface area contributed by atoms with E-state index < -0.39 is 5.54 Å². The van der Waals surface area contributed by atoms with Gasteiger partial charge in [-0.25, -0.2) is 4.39 Å². The van der Waals surface area contributed by atoms with Crippen molar-refractivity contribution >= 4 is 6.34 Å². The van der Waals surface area contributed by atoms with Crippen molar-refractivity contribution in [1.82, 2.24) is 10.3 Å². The minimum atomic E-state index is -0.469. The van der Waals surface area contributed by atoms with Crippen LogP contribution in [-0.4, -0.2) is 17.4 Å². The van der Waals surface area contributed by atoms with Crippen LogP contribution >= 0.6 is 0 Å². The number of hydrogen-bond acceptors (Lipinski definition) is 3. The molecule has 4 heteroatoms. The highest BCUT2D eigenvalue weighted by molar-refractivity contribution is 5.64. The maximum absolute atomic E-state index is 13.3. The summed E-state index contributed by atoms with van der Waals surface area (Å²) in [4.78, 5) is 9.12. The lowest BCUT2D eigenvalue weighted by Crippen LogP contribution is -2.45. The SMILES string of the molecule is C[C@@H]1N=CN[C@@]1(c1ccc(F)cc1)c1ccc(C2CC2)nc1. The second-order valence-corrected chi connectivity index (χ2v) is 6.16. The molecule has 1 N–H and O–H groups in total. The largest absolute Gasteiger partial charge is 0.361 e. The van der Waals surface area contributed by atoms with Crippen molar-refractivity contribution in [3.05, 3.63) is 65.2 Å². The van der Waals surface area contributed by atoms with E-state index in [1.54, 1.807) is 6.34 Å². The van der Waals surface area contributed by atoms with Gasteiger partial charge in [-0.3, -0.25) is 9.98 Å². The number of nitrogens with zero attached hydrogens (tertiary/aromatic N) is 2. The maximum Gasteiger partial charge on any atom is 0.123 e. The van der Waals surface area contributed by atoms with Gasteiger partial charge >= 0.3 is 0 Å². The molecule has 0 unspecified atom stereocenters. The third-order valence-corrected chi connectivity index (χ3v) is 4.75. The molecular weight excluding hydrogens is 277 g/mol. The molecule has 2 atom stereocenters. The van der Waals surface area contributed by atoms with E-state index in [0.29, 0.717) is 5.92 Å². The fraction of sp³-hybridized carbons (Fsp3) is 0.333. The smallest absolute Gasteiger partial charge is 0.123 e. The summed E-state index contributed by atoms with van der Waals surface area (Å²) in [6.45, 7) is 2.06. The van der Waals surface area contributed by atoms with Crippen LogP contribution in [0.25, 0.3) is 0 Å². The molecular formula is C18H18FN3. The van der Waals surface area contributed by atoms with Gasteiger partial charge in [-0.05, 0) is 43.5 Å². The summed E-state index contributed by atoms with van der Waals surface area (Å²) in [5.74, 6) is 0.411. The summed E-state index contributed by atoms with van der Waals surface area (Å²) in [5.41, 5.74) is 2.76. The van der Waals surface area contributed by atoms with E-state index in [0.717, 1.165) is 11.1 Å². The lowest BCUT2D eigenvalue weighted by atomic mass is 9.79. The van der Waals surface area contributed by atoms with Crippen LogP contribution < -0.4 is 5.32 Å². The number of aromatic nitrogens is 1. The van der Waals surface area contributed by atoms with E-state index in [1.807, 2.05) is 18.3 Å². The Hall–Kier alpha value is -2.23. The monoisotopic (exact) mass is 295 g/mol. The Morgan fingerprint density at radius 1 is 1.09 bits per heavy atom. The van der Waals surface area contributed by atoms with E-state index in [1.165, 1.54) is 30.7 Å². The van der Waals surface area contributed by atoms with E-state index >= 15 is 0 Å². The number of halogens is 1. The predicted octanol–water partition coefficient (Wildman–Crippen LogP) is 3.36. The zero-order chi connectivity index (χ0) is 15.2. The number of benzene rings is 1. The van der Waals surface area contributed by atoms with Crippen molar-refractivity contribution in [2.24, 2.45) is 4.99 Å². The minimum absolute atomic E-state index is 0.0199. The van der Waals surface area contributed by atoms with Crippen LogP contribution in [0.3, 0.4) is 0 Å². The average molecular weight is 295 g/mol. The van der Waals surface area contributed by atoms with Gasteiger partial charge in [0.15, 0.2) is 0 Å². The Bertz CT molecular complexity index is 704. The van der Waals surface area contributed by atoms with E-state index in [2.05, 4.69) is 34.3 Å². The van der Waals surface area contributed by atoms with Crippen molar-refractivity contribution in [2.75, 3.05) is 0 Å². The topological polar surface area (TPSA) is 37.3 Å². The number of pyridine rings is 1. The van der Waals surface area contributed by atoms with Gasteiger partial charge in [0.2, 0.25) is 0 Å². The lowest BCUT2D eigenvalue weighted by molar-refractivity contribution is 0.433. The van der Waals surface area contributed by atoms with Gasteiger partial charge < -0.3 is 5.32 Å². The minimum Gasteiger partial charge on any atom is -0.361 e. The molecule has 0 bridgehead atoms. The summed E-state index contributed by atoms with van der Waals surface area (Å²) >= 11 is 0. The second kappa shape index (κ2) is 4.90. The molecule has 1 fully saturated rings. The molecule has 3 nitrogen and oxygen atoms in total. The summed E-state index contributed by atoms with van der Waals surface area (Å²) < 4.78 is 13.3. The molecule has 1 aromatic heterocycles. The third-order valence-electron chi connectivity index (χ3n) is 4.75. The van der Waals surface area contributed by atoms with Crippen LogP contribution in [0.1, 0.15) is 42.5 Å². The highest BCUT2D eigenvalue weighted by Crippen LogP contribution is 2.41. The molecule has 2 aromatic rings. The summed E-state index contributed by atoms with van der Waals surface area (Å²) in [6, 6.07) is 10.9. The fourth-order valence-electron chi connectivity index (χ4n) is 3.27. The summed E-state index contributed by atoms with van der Waals surface area (Å²) in [7, 11) is 0. The highest BCUT2D eigenvalue weighted by atomic mass is 19.1. The molecule has 1 saturated carbocycles. The molecule has 1 aromatic carbocycles. The van der Waals surface area contributed by atoms with Crippen LogP contribution in [0.4, 0.5) is 4.39 Å². The summed E-state index contributed by atoms with van der Waals surface area (Å²) in [5, 5.41) is 3.38. The average Bonchev–Trinajstić information content (AvgIpc) is 3.32. The zero-order valence-electron chi connectivity index (χ0n) is 12.5. The molecule has 0 spiro atoms. The Kier molecular flexibility index (Phi) is 2.99. The van der Waals surface area contributed by atoms with Crippen LogP contribution in [0, 0.1) is 5.82 Å². The molecule has 1 aliphatic heterocycles. The maximum atomic E-state index is 13.3. The number of rotatable bonds is 3. The van der Waals surface area contributed by atoms with E-state index in [-0.39, 0.29) is 11.9 Å². The Morgan fingerprint density at radius 3 is 2.36 bits per heavy atom. The van der Waals surface area contributed by atoms with Gasteiger partial charge in [0.1, 0.15) is 11.4 Å². The number of aliphatic imine (C=N–C) groups is 1. The Labute approximate surface area is 129 Å². The van der Waals surface area contributed by atoms with Gasteiger partial charge in [0.05, 0.1) is 12.4 Å². The molecule has 0 radical (unpaired) electrons. The molecule has 112 valence electrons. The first-order valence-electron chi connectivity index (χ1n) is 7.72. The molecule has 4 rings (SSSR count).